The minimum Gasteiger partial charge on any atom is -0.506 e. The quantitative estimate of drug-likeness (QED) is 0.547. The lowest BCUT2D eigenvalue weighted by atomic mass is 10.2. The molecule has 0 atom stereocenters. The SMILES string of the molecule is NNc1ccnc(-c2ccc(O)c(Cl)c2)n1. The maximum absolute atomic E-state index is 9.29. The van der Waals surface area contributed by atoms with Crippen molar-refractivity contribution in [2.75, 3.05) is 5.43 Å². The Morgan fingerprint density at radius 2 is 2.12 bits per heavy atom. The van der Waals surface area contributed by atoms with Gasteiger partial charge in [-0.2, -0.15) is 0 Å². The first kappa shape index (κ1) is 10.7. The van der Waals surface area contributed by atoms with Crippen LogP contribution in [0.1, 0.15) is 0 Å². The molecule has 1 heterocycles. The zero-order chi connectivity index (χ0) is 11.5. The van der Waals surface area contributed by atoms with Gasteiger partial charge < -0.3 is 10.5 Å². The van der Waals surface area contributed by atoms with Crippen molar-refractivity contribution in [3.05, 3.63) is 35.5 Å². The Balaban J connectivity index is 2.46. The van der Waals surface area contributed by atoms with Crippen LogP contribution in [0.25, 0.3) is 11.4 Å². The fourth-order valence-electron chi connectivity index (χ4n) is 1.22. The number of anilines is 1. The van der Waals surface area contributed by atoms with E-state index in [1.54, 1.807) is 24.4 Å². The largest absolute Gasteiger partial charge is 0.506 e. The van der Waals surface area contributed by atoms with Gasteiger partial charge in [-0.25, -0.2) is 15.8 Å². The normalized spacial score (nSPS) is 10.1. The average Bonchev–Trinajstić information content (AvgIpc) is 2.33. The summed E-state index contributed by atoms with van der Waals surface area (Å²) in [7, 11) is 0. The third-order valence-electron chi connectivity index (χ3n) is 2.01. The summed E-state index contributed by atoms with van der Waals surface area (Å²) in [6.07, 6.45) is 1.58. The van der Waals surface area contributed by atoms with Gasteiger partial charge in [-0.1, -0.05) is 11.6 Å². The summed E-state index contributed by atoms with van der Waals surface area (Å²) >= 11 is 5.79. The molecule has 0 aliphatic carbocycles. The number of nitrogen functional groups attached to an aromatic ring is 1. The molecule has 0 saturated heterocycles. The summed E-state index contributed by atoms with van der Waals surface area (Å²) in [5.41, 5.74) is 3.14. The first-order valence-electron chi connectivity index (χ1n) is 4.49. The monoisotopic (exact) mass is 236 g/mol. The Bertz CT molecular complexity index is 518. The first-order valence-corrected chi connectivity index (χ1v) is 4.87. The molecule has 1 aromatic carbocycles. The van der Waals surface area contributed by atoms with Gasteiger partial charge in [0.05, 0.1) is 5.02 Å². The van der Waals surface area contributed by atoms with Crippen molar-refractivity contribution in [2.45, 2.75) is 0 Å². The summed E-state index contributed by atoms with van der Waals surface area (Å²) in [6.45, 7) is 0. The fraction of sp³-hybridized carbons (Fsp3) is 0. The number of benzene rings is 1. The molecule has 0 aliphatic rings. The summed E-state index contributed by atoms with van der Waals surface area (Å²) in [4.78, 5) is 8.23. The lowest BCUT2D eigenvalue weighted by molar-refractivity contribution is 0.475. The Hall–Kier alpha value is -1.85. The van der Waals surface area contributed by atoms with Crippen LogP contribution in [0.3, 0.4) is 0 Å². The standard InChI is InChI=1S/C10H9ClN4O/c11-7-5-6(1-2-8(7)16)10-13-4-3-9(14-10)15-12/h1-5,16H,12H2,(H,13,14,15). The predicted octanol–water partition coefficient (Wildman–Crippen LogP) is 1.79. The zero-order valence-corrected chi connectivity index (χ0v) is 8.94. The van der Waals surface area contributed by atoms with Gasteiger partial charge in [0.2, 0.25) is 0 Å². The van der Waals surface area contributed by atoms with Crippen LogP contribution in [0.2, 0.25) is 5.02 Å². The van der Waals surface area contributed by atoms with Crippen molar-refractivity contribution < 1.29 is 5.11 Å². The molecule has 1 aromatic heterocycles. The van der Waals surface area contributed by atoms with Gasteiger partial charge in [0.15, 0.2) is 5.82 Å². The number of phenolic OH excluding ortho intramolecular Hbond substituents is 1. The second-order valence-electron chi connectivity index (χ2n) is 3.08. The van der Waals surface area contributed by atoms with Crippen molar-refractivity contribution in [1.82, 2.24) is 9.97 Å². The number of phenols is 1. The third kappa shape index (κ3) is 2.05. The van der Waals surface area contributed by atoms with Gasteiger partial charge in [-0.3, -0.25) is 0 Å². The van der Waals surface area contributed by atoms with E-state index in [2.05, 4.69) is 15.4 Å². The number of rotatable bonds is 2. The minimum absolute atomic E-state index is 0.0264. The summed E-state index contributed by atoms with van der Waals surface area (Å²) in [5, 5.41) is 9.54. The van der Waals surface area contributed by atoms with E-state index in [1.165, 1.54) is 6.07 Å². The molecule has 2 aromatic rings. The second kappa shape index (κ2) is 4.34. The highest BCUT2D eigenvalue weighted by Gasteiger charge is 2.05. The average molecular weight is 237 g/mol. The third-order valence-corrected chi connectivity index (χ3v) is 2.31. The second-order valence-corrected chi connectivity index (χ2v) is 3.48. The molecular weight excluding hydrogens is 228 g/mol. The number of hydrazine groups is 1. The molecule has 0 saturated carbocycles. The molecule has 82 valence electrons. The number of aromatic nitrogens is 2. The number of hydrogen-bond donors (Lipinski definition) is 3. The van der Waals surface area contributed by atoms with Crippen LogP contribution in [0.15, 0.2) is 30.5 Å². The predicted molar refractivity (Wildman–Crippen MR) is 62.0 cm³/mol. The Kier molecular flexibility index (Phi) is 2.89. The van der Waals surface area contributed by atoms with E-state index in [-0.39, 0.29) is 10.8 Å². The van der Waals surface area contributed by atoms with E-state index in [0.29, 0.717) is 17.2 Å². The maximum Gasteiger partial charge on any atom is 0.161 e. The lowest BCUT2D eigenvalue weighted by Gasteiger charge is -2.04. The smallest absolute Gasteiger partial charge is 0.161 e. The van der Waals surface area contributed by atoms with Gasteiger partial charge in [0, 0.05) is 17.8 Å². The summed E-state index contributed by atoms with van der Waals surface area (Å²) in [5.74, 6) is 6.26. The highest BCUT2D eigenvalue weighted by molar-refractivity contribution is 6.32. The van der Waals surface area contributed by atoms with Crippen molar-refractivity contribution >= 4 is 17.4 Å². The van der Waals surface area contributed by atoms with E-state index in [0.717, 1.165) is 0 Å². The van der Waals surface area contributed by atoms with Crippen molar-refractivity contribution in [2.24, 2.45) is 5.84 Å². The molecular formula is C10H9ClN4O. The Labute approximate surface area is 96.9 Å². The number of nitrogens with one attached hydrogen (secondary N) is 1. The van der Waals surface area contributed by atoms with Crippen molar-refractivity contribution in [3.8, 4) is 17.1 Å². The molecule has 0 aliphatic heterocycles. The molecule has 16 heavy (non-hydrogen) atoms. The molecule has 6 heteroatoms. The molecule has 0 amide bonds. The molecule has 0 fully saturated rings. The lowest BCUT2D eigenvalue weighted by Crippen LogP contribution is -2.09. The molecule has 5 nitrogen and oxygen atoms in total. The molecule has 4 N–H and O–H groups in total. The van der Waals surface area contributed by atoms with Gasteiger partial charge in [0.25, 0.3) is 0 Å². The molecule has 2 rings (SSSR count). The molecule has 0 unspecified atom stereocenters. The zero-order valence-electron chi connectivity index (χ0n) is 8.18. The summed E-state index contributed by atoms with van der Waals surface area (Å²) in [6, 6.07) is 6.40. The van der Waals surface area contributed by atoms with E-state index in [4.69, 9.17) is 17.4 Å². The van der Waals surface area contributed by atoms with E-state index < -0.39 is 0 Å². The van der Waals surface area contributed by atoms with Gasteiger partial charge in [-0.15, -0.1) is 0 Å². The highest BCUT2D eigenvalue weighted by Crippen LogP contribution is 2.27. The van der Waals surface area contributed by atoms with Gasteiger partial charge in [-0.05, 0) is 18.2 Å². The maximum atomic E-state index is 9.29. The van der Waals surface area contributed by atoms with Crippen LogP contribution in [0.4, 0.5) is 5.82 Å². The van der Waals surface area contributed by atoms with Gasteiger partial charge >= 0.3 is 0 Å². The number of halogens is 1. The van der Waals surface area contributed by atoms with Crippen LogP contribution in [0, 0.1) is 0 Å². The van der Waals surface area contributed by atoms with Crippen LogP contribution in [0.5, 0.6) is 5.75 Å². The van der Waals surface area contributed by atoms with E-state index in [1.807, 2.05) is 0 Å². The van der Waals surface area contributed by atoms with E-state index in [9.17, 15) is 5.11 Å². The number of aromatic hydroxyl groups is 1. The Morgan fingerprint density at radius 1 is 1.31 bits per heavy atom. The van der Waals surface area contributed by atoms with Crippen molar-refractivity contribution in [1.29, 1.82) is 0 Å². The van der Waals surface area contributed by atoms with Gasteiger partial charge in [0.1, 0.15) is 11.6 Å². The van der Waals surface area contributed by atoms with Crippen LogP contribution in [-0.4, -0.2) is 15.1 Å². The molecule has 0 radical (unpaired) electrons. The molecule has 0 spiro atoms. The minimum atomic E-state index is 0.0264. The Morgan fingerprint density at radius 3 is 2.81 bits per heavy atom. The number of nitrogens with zero attached hydrogens (tertiary/aromatic N) is 2. The first-order chi connectivity index (χ1) is 7.70. The fourth-order valence-corrected chi connectivity index (χ4v) is 1.40. The summed E-state index contributed by atoms with van der Waals surface area (Å²) < 4.78 is 0. The van der Waals surface area contributed by atoms with Crippen LogP contribution in [-0.2, 0) is 0 Å². The van der Waals surface area contributed by atoms with Crippen LogP contribution >= 0.6 is 11.6 Å². The van der Waals surface area contributed by atoms with E-state index >= 15 is 0 Å². The highest BCUT2D eigenvalue weighted by atomic mass is 35.5. The topological polar surface area (TPSA) is 84.1 Å². The number of nitrogens with two attached hydrogens (primary N) is 1. The van der Waals surface area contributed by atoms with Crippen LogP contribution < -0.4 is 11.3 Å². The van der Waals surface area contributed by atoms with Crippen molar-refractivity contribution in [3.63, 3.8) is 0 Å². The number of hydrogen-bond acceptors (Lipinski definition) is 5. The molecule has 0 bridgehead atoms.